The average Bonchev–Trinajstić information content (AvgIpc) is 2.64. The topological polar surface area (TPSA) is 43.1 Å². The molecule has 0 amide bonds. The second-order valence-electron chi connectivity index (χ2n) is 4.31. The van der Waals surface area contributed by atoms with Gasteiger partial charge in [-0.3, -0.25) is 10.1 Å². The molecule has 0 heterocycles. The summed E-state index contributed by atoms with van der Waals surface area (Å²) < 4.78 is 40.3. The molecular weight excluding hydrogens is 259 g/mol. The van der Waals surface area contributed by atoms with Crippen molar-refractivity contribution in [3.05, 3.63) is 63.0 Å². The molecule has 0 saturated carbocycles. The van der Waals surface area contributed by atoms with Gasteiger partial charge < -0.3 is 0 Å². The van der Waals surface area contributed by atoms with Crippen molar-refractivity contribution in [2.45, 2.75) is 6.42 Å². The lowest BCUT2D eigenvalue weighted by Crippen LogP contribution is -1.95. The van der Waals surface area contributed by atoms with E-state index in [9.17, 15) is 23.3 Å². The summed E-state index contributed by atoms with van der Waals surface area (Å²) in [5.41, 5.74) is 0.119. The molecule has 96 valence electrons. The van der Waals surface area contributed by atoms with Gasteiger partial charge >= 0.3 is 0 Å². The molecule has 2 aromatic rings. The third kappa shape index (κ3) is 1.68. The van der Waals surface area contributed by atoms with Crippen molar-refractivity contribution in [1.82, 2.24) is 0 Å². The number of hydrogen-bond donors (Lipinski definition) is 0. The van der Waals surface area contributed by atoms with Crippen LogP contribution in [0.3, 0.4) is 0 Å². The summed E-state index contributed by atoms with van der Waals surface area (Å²) in [6, 6.07) is 3.64. The van der Waals surface area contributed by atoms with Crippen LogP contribution in [0.5, 0.6) is 0 Å². The van der Waals surface area contributed by atoms with Crippen LogP contribution in [0.2, 0.25) is 0 Å². The lowest BCUT2D eigenvalue weighted by molar-refractivity contribution is -0.384. The van der Waals surface area contributed by atoms with E-state index in [0.29, 0.717) is 17.2 Å². The molecule has 0 spiro atoms. The standard InChI is InChI=1S/C13H6F3NO2/c14-8-2-6-1-7-3-9(15)5-11(17(18)19)13(7)12(6)10(16)4-8/h2-5H,1H2. The molecule has 19 heavy (non-hydrogen) atoms. The fraction of sp³-hybridized carbons (Fsp3) is 0.0769. The van der Waals surface area contributed by atoms with Crippen LogP contribution in [-0.2, 0) is 6.42 Å². The largest absolute Gasteiger partial charge is 0.280 e. The highest BCUT2D eigenvalue weighted by Gasteiger charge is 2.31. The van der Waals surface area contributed by atoms with Gasteiger partial charge in [-0.15, -0.1) is 0 Å². The number of fused-ring (bicyclic) bond motifs is 3. The monoisotopic (exact) mass is 265 g/mol. The van der Waals surface area contributed by atoms with Crippen molar-refractivity contribution >= 4 is 5.69 Å². The molecular formula is C13H6F3NO2. The van der Waals surface area contributed by atoms with Crippen LogP contribution in [0.4, 0.5) is 18.9 Å². The first kappa shape index (κ1) is 11.7. The Bertz CT molecular complexity index is 728. The predicted octanol–water partition coefficient (Wildman–Crippen LogP) is 3.58. The minimum atomic E-state index is -0.872. The Kier molecular flexibility index (Phi) is 2.35. The van der Waals surface area contributed by atoms with E-state index in [1.165, 1.54) is 0 Å². The summed E-state index contributed by atoms with van der Waals surface area (Å²) in [4.78, 5) is 10.2. The molecule has 0 aliphatic heterocycles. The zero-order valence-electron chi connectivity index (χ0n) is 9.41. The van der Waals surface area contributed by atoms with E-state index in [4.69, 9.17) is 0 Å². The zero-order valence-corrected chi connectivity index (χ0v) is 9.41. The highest BCUT2D eigenvalue weighted by atomic mass is 19.1. The van der Waals surface area contributed by atoms with E-state index in [1.54, 1.807) is 0 Å². The molecule has 0 unspecified atom stereocenters. The third-order valence-corrected chi connectivity index (χ3v) is 3.13. The van der Waals surface area contributed by atoms with Gasteiger partial charge in [0, 0.05) is 11.6 Å². The number of halogens is 3. The maximum atomic E-state index is 13.8. The Hall–Kier alpha value is -2.37. The average molecular weight is 265 g/mol. The smallest absolute Gasteiger partial charge is 0.258 e. The zero-order chi connectivity index (χ0) is 13.7. The molecule has 6 heteroatoms. The number of benzene rings is 2. The van der Waals surface area contributed by atoms with E-state index in [2.05, 4.69) is 0 Å². The van der Waals surface area contributed by atoms with Crippen LogP contribution in [-0.4, -0.2) is 4.92 Å². The quantitative estimate of drug-likeness (QED) is 0.498. The normalized spacial score (nSPS) is 12.2. The van der Waals surface area contributed by atoms with Crippen molar-refractivity contribution in [3.63, 3.8) is 0 Å². The summed E-state index contributed by atoms with van der Waals surface area (Å²) in [6.07, 6.45) is 0.0813. The van der Waals surface area contributed by atoms with Crippen LogP contribution >= 0.6 is 0 Å². The van der Waals surface area contributed by atoms with Crippen molar-refractivity contribution < 1.29 is 18.1 Å². The maximum Gasteiger partial charge on any atom is 0.280 e. The molecule has 0 atom stereocenters. The predicted molar refractivity (Wildman–Crippen MR) is 61.2 cm³/mol. The van der Waals surface area contributed by atoms with E-state index >= 15 is 0 Å². The number of nitro groups is 1. The molecule has 0 radical (unpaired) electrons. The highest BCUT2D eigenvalue weighted by molar-refractivity contribution is 5.84. The Labute approximate surface area is 105 Å². The van der Waals surface area contributed by atoms with Crippen molar-refractivity contribution in [2.75, 3.05) is 0 Å². The molecule has 0 saturated heterocycles. The Morgan fingerprint density at radius 2 is 1.53 bits per heavy atom. The van der Waals surface area contributed by atoms with Gasteiger partial charge in [0.05, 0.1) is 16.6 Å². The lowest BCUT2D eigenvalue weighted by atomic mass is 10.0. The summed E-state index contributed by atoms with van der Waals surface area (Å²) in [6.45, 7) is 0. The number of nitrogens with zero attached hydrogens (tertiary/aromatic N) is 1. The van der Waals surface area contributed by atoms with Gasteiger partial charge in [0.25, 0.3) is 5.69 Å². The lowest BCUT2D eigenvalue weighted by Gasteiger charge is -2.04. The molecule has 1 aliphatic rings. The highest BCUT2D eigenvalue weighted by Crippen LogP contribution is 2.44. The molecule has 1 aliphatic carbocycles. The molecule has 3 nitrogen and oxygen atoms in total. The first-order valence-electron chi connectivity index (χ1n) is 5.42. The second kappa shape index (κ2) is 3.81. The van der Waals surface area contributed by atoms with Gasteiger partial charge in [-0.1, -0.05) is 0 Å². The number of hydrogen-bond acceptors (Lipinski definition) is 2. The summed E-state index contributed by atoms with van der Waals surface area (Å²) in [7, 11) is 0. The summed E-state index contributed by atoms with van der Waals surface area (Å²) >= 11 is 0. The minimum absolute atomic E-state index is 0.0110. The van der Waals surface area contributed by atoms with Gasteiger partial charge in [-0.05, 0) is 29.7 Å². The molecule has 0 bridgehead atoms. The minimum Gasteiger partial charge on any atom is -0.258 e. The third-order valence-electron chi connectivity index (χ3n) is 3.13. The molecule has 0 N–H and O–H groups in total. The maximum absolute atomic E-state index is 13.8. The molecule has 2 aromatic carbocycles. The van der Waals surface area contributed by atoms with Crippen LogP contribution in [0.15, 0.2) is 24.3 Å². The van der Waals surface area contributed by atoms with Crippen LogP contribution in [0.1, 0.15) is 11.1 Å². The molecule has 0 aromatic heterocycles. The Balaban J connectivity index is 2.37. The van der Waals surface area contributed by atoms with Crippen LogP contribution in [0, 0.1) is 27.6 Å². The van der Waals surface area contributed by atoms with Gasteiger partial charge in [-0.25, -0.2) is 13.2 Å². The first-order valence-corrected chi connectivity index (χ1v) is 5.42. The van der Waals surface area contributed by atoms with Crippen LogP contribution < -0.4 is 0 Å². The van der Waals surface area contributed by atoms with Crippen molar-refractivity contribution in [1.29, 1.82) is 0 Å². The summed E-state index contributed by atoms with van der Waals surface area (Å²) in [5.74, 6) is -2.39. The number of rotatable bonds is 1. The van der Waals surface area contributed by atoms with Crippen LogP contribution in [0.25, 0.3) is 11.1 Å². The molecule has 3 rings (SSSR count). The first-order chi connectivity index (χ1) is 8.97. The van der Waals surface area contributed by atoms with E-state index in [-0.39, 0.29) is 17.5 Å². The van der Waals surface area contributed by atoms with Gasteiger partial charge in [0.2, 0.25) is 0 Å². The van der Waals surface area contributed by atoms with E-state index in [0.717, 1.165) is 18.2 Å². The second-order valence-corrected chi connectivity index (χ2v) is 4.31. The van der Waals surface area contributed by atoms with Crippen molar-refractivity contribution in [2.24, 2.45) is 0 Å². The van der Waals surface area contributed by atoms with E-state index in [1.807, 2.05) is 0 Å². The molecule has 0 fully saturated rings. The van der Waals surface area contributed by atoms with E-state index < -0.39 is 28.1 Å². The Morgan fingerprint density at radius 1 is 0.947 bits per heavy atom. The van der Waals surface area contributed by atoms with Gasteiger partial charge in [0.1, 0.15) is 17.5 Å². The SMILES string of the molecule is O=[N+]([O-])c1cc(F)cc2c1-c1c(F)cc(F)cc1C2. The fourth-order valence-corrected chi connectivity index (χ4v) is 2.47. The Morgan fingerprint density at radius 3 is 2.16 bits per heavy atom. The number of nitro benzene ring substituents is 1. The summed E-state index contributed by atoms with van der Waals surface area (Å²) in [5, 5.41) is 10.9. The van der Waals surface area contributed by atoms with Gasteiger partial charge in [-0.2, -0.15) is 0 Å². The van der Waals surface area contributed by atoms with Gasteiger partial charge in [0.15, 0.2) is 0 Å². The fourth-order valence-electron chi connectivity index (χ4n) is 2.47. The van der Waals surface area contributed by atoms with Crippen molar-refractivity contribution in [3.8, 4) is 11.1 Å².